The van der Waals surface area contributed by atoms with E-state index in [0.29, 0.717) is 0 Å². The van der Waals surface area contributed by atoms with Gasteiger partial charge < -0.3 is 4.90 Å². The Morgan fingerprint density at radius 3 is 2.92 bits per heavy atom. The van der Waals surface area contributed by atoms with E-state index in [2.05, 4.69) is 23.8 Å². The Balaban J connectivity index is 2.24. The van der Waals surface area contributed by atoms with Gasteiger partial charge in [-0.15, -0.1) is 0 Å². The first kappa shape index (κ1) is 10.7. The van der Waals surface area contributed by atoms with Crippen LogP contribution in [0.15, 0.2) is 0 Å². The zero-order valence-corrected chi connectivity index (χ0v) is 9.54. The molecule has 0 saturated carbocycles. The number of thioether (sulfide) groups is 1. The molecule has 0 N–H and O–H groups in total. The van der Waals surface area contributed by atoms with Crippen LogP contribution in [0.1, 0.15) is 19.3 Å². The maximum Gasteiger partial charge on any atom is 0.00698 e. The van der Waals surface area contributed by atoms with E-state index in [4.69, 9.17) is 0 Å². The fourth-order valence-electron chi connectivity index (χ4n) is 1.73. The van der Waals surface area contributed by atoms with Crippen molar-refractivity contribution in [2.45, 2.75) is 24.5 Å². The lowest BCUT2D eigenvalue weighted by Gasteiger charge is -2.18. The van der Waals surface area contributed by atoms with Crippen LogP contribution in [-0.4, -0.2) is 41.8 Å². The van der Waals surface area contributed by atoms with Crippen molar-refractivity contribution in [3.05, 3.63) is 0 Å². The van der Waals surface area contributed by atoms with E-state index in [1.165, 1.54) is 38.9 Å². The first-order chi connectivity index (χ1) is 5.86. The molecule has 3 heteroatoms. The van der Waals surface area contributed by atoms with Crippen LogP contribution >= 0.6 is 24.4 Å². The second-order valence-corrected chi connectivity index (χ2v) is 4.94. The second-order valence-electron chi connectivity index (χ2n) is 3.35. The molecule has 0 radical (unpaired) electrons. The predicted octanol–water partition coefficient (Wildman–Crippen LogP) is 2.13. The molecule has 1 aliphatic rings. The third kappa shape index (κ3) is 3.58. The molecular formula is C9H19NS2. The lowest BCUT2D eigenvalue weighted by atomic mass is 10.2. The van der Waals surface area contributed by atoms with Gasteiger partial charge >= 0.3 is 0 Å². The number of hydrogen-bond donors (Lipinski definition) is 1. The zero-order chi connectivity index (χ0) is 8.81. The largest absolute Gasteiger partial charge is 0.302 e. The van der Waals surface area contributed by atoms with Crippen LogP contribution in [0.3, 0.4) is 0 Å². The fraction of sp³-hybridized carbons (Fsp3) is 1.00. The molecule has 0 amide bonds. The highest BCUT2D eigenvalue weighted by Gasteiger charge is 2.14. The lowest BCUT2D eigenvalue weighted by molar-refractivity contribution is 0.304. The maximum absolute atomic E-state index is 4.26. The second kappa shape index (κ2) is 6.17. The van der Waals surface area contributed by atoms with Gasteiger partial charge in [0.05, 0.1) is 0 Å². The highest BCUT2D eigenvalue weighted by atomic mass is 32.2. The van der Waals surface area contributed by atoms with Crippen molar-refractivity contribution in [2.24, 2.45) is 0 Å². The van der Waals surface area contributed by atoms with Gasteiger partial charge in [0.15, 0.2) is 0 Å². The smallest absolute Gasteiger partial charge is 0.00698 e. The van der Waals surface area contributed by atoms with E-state index >= 15 is 0 Å². The van der Waals surface area contributed by atoms with Gasteiger partial charge in [-0.3, -0.25) is 0 Å². The van der Waals surface area contributed by atoms with Gasteiger partial charge in [0, 0.05) is 17.5 Å². The summed E-state index contributed by atoms with van der Waals surface area (Å²) in [6.07, 6.45) is 6.39. The molecule has 1 saturated heterocycles. The third-order valence-electron chi connectivity index (χ3n) is 2.52. The summed E-state index contributed by atoms with van der Waals surface area (Å²) in [4.78, 5) is 2.54. The van der Waals surface area contributed by atoms with Crippen LogP contribution in [-0.2, 0) is 0 Å². The first-order valence-electron chi connectivity index (χ1n) is 4.73. The van der Waals surface area contributed by atoms with Crippen LogP contribution in [0.2, 0.25) is 0 Å². The molecule has 12 heavy (non-hydrogen) atoms. The summed E-state index contributed by atoms with van der Waals surface area (Å²) in [7, 11) is 0. The summed E-state index contributed by atoms with van der Waals surface area (Å²) < 4.78 is 0. The van der Waals surface area contributed by atoms with Crippen molar-refractivity contribution in [1.82, 2.24) is 4.90 Å². The number of thiol groups is 1. The van der Waals surface area contributed by atoms with Gasteiger partial charge in [0.2, 0.25) is 0 Å². The molecule has 0 bridgehead atoms. The van der Waals surface area contributed by atoms with Gasteiger partial charge in [0.1, 0.15) is 0 Å². The van der Waals surface area contributed by atoms with Crippen LogP contribution in [0.25, 0.3) is 0 Å². The minimum Gasteiger partial charge on any atom is -0.302 e. The topological polar surface area (TPSA) is 3.24 Å². The zero-order valence-electron chi connectivity index (χ0n) is 7.83. The van der Waals surface area contributed by atoms with Gasteiger partial charge in [-0.1, -0.05) is 0 Å². The Labute approximate surface area is 85.7 Å². The van der Waals surface area contributed by atoms with Crippen LogP contribution < -0.4 is 0 Å². The molecule has 0 aromatic carbocycles. The molecule has 1 fully saturated rings. The molecule has 1 heterocycles. The van der Waals surface area contributed by atoms with E-state index in [9.17, 15) is 0 Å². The standard InChI is InChI=1S/C9H19NS2/c1-12-9-3-2-5-10(6-4-9)7-8-11/h9,11H,2-8H2,1H3. The van der Waals surface area contributed by atoms with E-state index in [-0.39, 0.29) is 0 Å². The molecule has 0 aliphatic carbocycles. The molecule has 0 aromatic rings. The highest BCUT2D eigenvalue weighted by molar-refractivity contribution is 7.99. The fourth-order valence-corrected chi connectivity index (χ4v) is 2.75. The Bertz CT molecular complexity index is 119. The third-order valence-corrected chi connectivity index (χ3v) is 3.86. The predicted molar refractivity (Wildman–Crippen MR) is 61.4 cm³/mol. The minimum atomic E-state index is 0.912. The molecule has 1 rings (SSSR count). The van der Waals surface area contributed by atoms with Crippen LogP contribution in [0.4, 0.5) is 0 Å². The average molecular weight is 205 g/mol. The van der Waals surface area contributed by atoms with E-state index in [1.807, 2.05) is 11.8 Å². The molecule has 1 unspecified atom stereocenters. The Morgan fingerprint density at radius 2 is 2.25 bits per heavy atom. The molecule has 0 spiro atoms. The molecule has 1 atom stereocenters. The van der Waals surface area contributed by atoms with Crippen molar-refractivity contribution < 1.29 is 0 Å². The average Bonchev–Trinajstić information content (AvgIpc) is 2.31. The summed E-state index contributed by atoms with van der Waals surface area (Å²) in [6, 6.07) is 0. The van der Waals surface area contributed by atoms with Gasteiger partial charge in [-0.25, -0.2) is 0 Å². The molecule has 1 aliphatic heterocycles. The number of likely N-dealkylation sites (tertiary alicyclic amines) is 1. The quantitative estimate of drug-likeness (QED) is 0.703. The van der Waals surface area contributed by atoms with E-state index < -0.39 is 0 Å². The van der Waals surface area contributed by atoms with Crippen molar-refractivity contribution in [1.29, 1.82) is 0 Å². The summed E-state index contributed by atoms with van der Waals surface area (Å²) in [5, 5.41) is 0.912. The lowest BCUT2D eigenvalue weighted by Crippen LogP contribution is -2.26. The van der Waals surface area contributed by atoms with E-state index in [1.54, 1.807) is 0 Å². The normalized spacial score (nSPS) is 27.0. The summed E-state index contributed by atoms with van der Waals surface area (Å²) in [6.45, 7) is 3.74. The SMILES string of the molecule is CSC1CCCN(CCS)CC1. The number of hydrogen-bond acceptors (Lipinski definition) is 3. The van der Waals surface area contributed by atoms with Crippen LogP contribution in [0, 0.1) is 0 Å². The van der Waals surface area contributed by atoms with Crippen molar-refractivity contribution in [3.8, 4) is 0 Å². The van der Waals surface area contributed by atoms with E-state index in [0.717, 1.165) is 11.0 Å². The maximum atomic E-state index is 4.26. The van der Waals surface area contributed by atoms with Gasteiger partial charge in [-0.2, -0.15) is 24.4 Å². The molecule has 1 nitrogen and oxygen atoms in total. The minimum absolute atomic E-state index is 0.912. The van der Waals surface area contributed by atoms with Crippen molar-refractivity contribution in [3.63, 3.8) is 0 Å². The number of nitrogens with zero attached hydrogens (tertiary/aromatic N) is 1. The Hall–Kier alpha value is 0.660. The Morgan fingerprint density at radius 1 is 1.42 bits per heavy atom. The highest BCUT2D eigenvalue weighted by Crippen LogP contribution is 2.20. The van der Waals surface area contributed by atoms with Crippen molar-refractivity contribution >= 4 is 24.4 Å². The van der Waals surface area contributed by atoms with Gasteiger partial charge in [0.25, 0.3) is 0 Å². The van der Waals surface area contributed by atoms with Crippen LogP contribution in [0.5, 0.6) is 0 Å². The summed E-state index contributed by atoms with van der Waals surface area (Å²) >= 11 is 6.30. The molecule has 0 aromatic heterocycles. The molecular weight excluding hydrogens is 186 g/mol. The summed E-state index contributed by atoms with van der Waals surface area (Å²) in [5.41, 5.74) is 0. The molecule has 72 valence electrons. The summed E-state index contributed by atoms with van der Waals surface area (Å²) in [5.74, 6) is 1.00. The monoisotopic (exact) mass is 205 g/mol. The first-order valence-corrected chi connectivity index (χ1v) is 6.65. The van der Waals surface area contributed by atoms with Gasteiger partial charge in [-0.05, 0) is 38.6 Å². The number of rotatable bonds is 3. The Kier molecular flexibility index (Phi) is 5.52. The van der Waals surface area contributed by atoms with Crippen molar-refractivity contribution in [2.75, 3.05) is 31.6 Å².